The number of nitrogens with one attached hydrogen (secondary N) is 2. The van der Waals surface area contributed by atoms with Gasteiger partial charge in [0, 0.05) is 52.5 Å². The lowest BCUT2D eigenvalue weighted by molar-refractivity contribution is 0.0953. The van der Waals surface area contributed by atoms with E-state index in [-0.39, 0.29) is 17.6 Å². The molecule has 0 aliphatic carbocycles. The number of benzene rings is 4. The number of phenolic OH excluding ortho intramolecular Hbond substituents is 1. The number of carbonyl (C=O) groups is 2. The first-order chi connectivity index (χ1) is 21.9. The third kappa shape index (κ3) is 6.66. The zero-order chi connectivity index (χ0) is 31.3. The van der Waals surface area contributed by atoms with Crippen molar-refractivity contribution in [1.82, 2.24) is 9.88 Å². The molecule has 0 saturated carbocycles. The molecule has 8 nitrogen and oxygen atoms in total. The number of ether oxygens (including phenoxy) is 1. The molecule has 2 heterocycles. The third-order valence-electron chi connectivity index (χ3n) is 7.74. The molecule has 45 heavy (non-hydrogen) atoms. The number of hydrogen-bond acceptors (Lipinski definition) is 5. The summed E-state index contributed by atoms with van der Waals surface area (Å²) in [6.45, 7) is 3.31. The van der Waals surface area contributed by atoms with Crippen molar-refractivity contribution in [2.24, 2.45) is 0 Å². The lowest BCUT2D eigenvalue weighted by Crippen LogP contribution is -2.26. The second-order valence-electron chi connectivity index (χ2n) is 10.7. The molecular formula is C36H32ClN3O5. The number of fused-ring (bicyclic) bond motifs is 2. The summed E-state index contributed by atoms with van der Waals surface area (Å²) in [5.41, 5.74) is 5.03. The summed E-state index contributed by atoms with van der Waals surface area (Å²) in [4.78, 5) is 26.7. The first-order valence-electron chi connectivity index (χ1n) is 14.8. The predicted molar refractivity (Wildman–Crippen MR) is 177 cm³/mol. The molecule has 6 aromatic rings. The van der Waals surface area contributed by atoms with Gasteiger partial charge in [0.15, 0.2) is 0 Å². The first kappa shape index (κ1) is 29.8. The minimum absolute atomic E-state index is 0.192. The zero-order valence-corrected chi connectivity index (χ0v) is 25.4. The highest BCUT2D eigenvalue weighted by atomic mass is 35.5. The number of furan rings is 1. The van der Waals surface area contributed by atoms with Gasteiger partial charge in [0.1, 0.15) is 22.8 Å². The van der Waals surface area contributed by atoms with E-state index in [0.29, 0.717) is 65.8 Å². The van der Waals surface area contributed by atoms with Crippen LogP contribution < -0.4 is 15.4 Å². The van der Waals surface area contributed by atoms with Gasteiger partial charge in [-0.25, -0.2) is 0 Å². The Labute approximate surface area is 265 Å². The molecule has 6 rings (SSSR count). The van der Waals surface area contributed by atoms with Gasteiger partial charge in [-0.3, -0.25) is 9.59 Å². The Morgan fingerprint density at radius 2 is 1.76 bits per heavy atom. The largest absolute Gasteiger partial charge is 0.508 e. The van der Waals surface area contributed by atoms with Crippen molar-refractivity contribution in [1.29, 1.82) is 0 Å². The van der Waals surface area contributed by atoms with Gasteiger partial charge in [0.2, 0.25) is 0 Å². The number of carbonyl (C=O) groups excluding carboxylic acids is 2. The van der Waals surface area contributed by atoms with Crippen LogP contribution in [0.1, 0.15) is 38.9 Å². The highest BCUT2D eigenvalue weighted by molar-refractivity contribution is 6.31. The number of anilines is 1. The van der Waals surface area contributed by atoms with Gasteiger partial charge in [-0.15, -0.1) is 0 Å². The maximum Gasteiger partial charge on any atom is 0.272 e. The maximum absolute atomic E-state index is 13.5. The van der Waals surface area contributed by atoms with E-state index in [9.17, 15) is 14.7 Å². The molecule has 0 aliphatic heterocycles. The standard InChI is InChI=1S/C36H32ClN3O5/c1-2-40-31-6-4-3-5-25(31)20-32(40)36(43)39-30-12-9-26(21-34(30)45-17-14-23-7-10-28(41)11-8-23)35(42)38-16-13-24-19-27(37)22-33-29(24)15-18-44-33/h3-12,15,18-22,41H,2,13-14,16-17H2,1H3,(H,38,42)(H,39,43). The van der Waals surface area contributed by atoms with Crippen LogP contribution >= 0.6 is 11.6 Å². The van der Waals surface area contributed by atoms with Gasteiger partial charge < -0.3 is 29.5 Å². The molecule has 9 heteroatoms. The summed E-state index contributed by atoms with van der Waals surface area (Å²) in [5.74, 6) is 0.0230. The van der Waals surface area contributed by atoms with Gasteiger partial charge in [-0.2, -0.15) is 0 Å². The quantitative estimate of drug-likeness (QED) is 0.138. The minimum Gasteiger partial charge on any atom is -0.508 e. The Kier molecular flexibility index (Phi) is 8.75. The number of aryl methyl sites for hydroxylation is 1. The van der Waals surface area contributed by atoms with E-state index < -0.39 is 0 Å². The summed E-state index contributed by atoms with van der Waals surface area (Å²) in [6, 6.07) is 27.2. The van der Waals surface area contributed by atoms with E-state index in [0.717, 1.165) is 27.4 Å². The normalized spacial score (nSPS) is 11.2. The highest BCUT2D eigenvalue weighted by Gasteiger charge is 2.18. The fourth-order valence-electron chi connectivity index (χ4n) is 5.48. The molecule has 0 fully saturated rings. The SMILES string of the molecule is CCn1c(C(=O)Nc2ccc(C(=O)NCCc3cc(Cl)cc4occc34)cc2OCCc2ccc(O)cc2)cc2ccccc21. The fraction of sp³-hybridized carbons (Fsp3) is 0.167. The van der Waals surface area contributed by atoms with Crippen molar-refractivity contribution in [3.63, 3.8) is 0 Å². The number of aromatic nitrogens is 1. The van der Waals surface area contributed by atoms with Crippen LogP contribution in [0, 0.1) is 0 Å². The molecule has 2 aromatic heterocycles. The lowest BCUT2D eigenvalue weighted by Gasteiger charge is -2.15. The predicted octanol–water partition coefficient (Wildman–Crippen LogP) is 7.61. The van der Waals surface area contributed by atoms with Crippen LogP contribution in [0.15, 0.2) is 102 Å². The third-order valence-corrected chi connectivity index (χ3v) is 7.96. The Bertz CT molecular complexity index is 1990. The van der Waals surface area contributed by atoms with Crippen molar-refractivity contribution in [2.75, 3.05) is 18.5 Å². The van der Waals surface area contributed by atoms with E-state index >= 15 is 0 Å². The van der Waals surface area contributed by atoms with Crippen LogP contribution in [0.5, 0.6) is 11.5 Å². The van der Waals surface area contributed by atoms with Gasteiger partial charge >= 0.3 is 0 Å². The van der Waals surface area contributed by atoms with E-state index in [2.05, 4.69) is 10.6 Å². The Balaban J connectivity index is 1.20. The van der Waals surface area contributed by atoms with E-state index in [1.807, 2.05) is 66.1 Å². The van der Waals surface area contributed by atoms with Crippen LogP contribution in [-0.4, -0.2) is 34.6 Å². The molecule has 0 spiro atoms. The number of nitrogens with zero attached hydrogens (tertiary/aromatic N) is 1. The first-order valence-corrected chi connectivity index (χ1v) is 15.2. The number of halogens is 1. The number of para-hydroxylation sites is 1. The maximum atomic E-state index is 13.5. The summed E-state index contributed by atoms with van der Waals surface area (Å²) in [7, 11) is 0. The van der Waals surface area contributed by atoms with Gasteiger partial charge in [-0.05, 0) is 79.1 Å². The van der Waals surface area contributed by atoms with Crippen LogP contribution in [0.25, 0.3) is 21.9 Å². The number of hydrogen-bond donors (Lipinski definition) is 3. The molecule has 0 unspecified atom stereocenters. The lowest BCUT2D eigenvalue weighted by atomic mass is 10.1. The Morgan fingerprint density at radius 1 is 0.933 bits per heavy atom. The van der Waals surface area contributed by atoms with Crippen LogP contribution in [0.3, 0.4) is 0 Å². The van der Waals surface area contributed by atoms with Crippen LogP contribution in [-0.2, 0) is 19.4 Å². The number of rotatable bonds is 11. The Hall–Kier alpha value is -5.21. The summed E-state index contributed by atoms with van der Waals surface area (Å²) >= 11 is 6.25. The molecule has 2 amide bonds. The van der Waals surface area contributed by atoms with Gasteiger partial charge in [-0.1, -0.05) is 41.9 Å². The van der Waals surface area contributed by atoms with Gasteiger partial charge in [0.25, 0.3) is 11.8 Å². The molecular weight excluding hydrogens is 590 g/mol. The number of amides is 2. The molecule has 0 radical (unpaired) electrons. The average Bonchev–Trinajstić information content (AvgIpc) is 3.67. The van der Waals surface area contributed by atoms with E-state index in [4.69, 9.17) is 20.8 Å². The number of aromatic hydroxyl groups is 1. The second kappa shape index (κ2) is 13.2. The fourth-order valence-corrected chi connectivity index (χ4v) is 5.71. The minimum atomic E-state index is -0.277. The van der Waals surface area contributed by atoms with E-state index in [1.165, 1.54) is 0 Å². The van der Waals surface area contributed by atoms with Crippen molar-refractivity contribution in [3.8, 4) is 11.5 Å². The van der Waals surface area contributed by atoms with Crippen molar-refractivity contribution in [3.05, 3.63) is 125 Å². The smallest absolute Gasteiger partial charge is 0.272 e. The van der Waals surface area contributed by atoms with Crippen molar-refractivity contribution in [2.45, 2.75) is 26.3 Å². The van der Waals surface area contributed by atoms with Crippen LogP contribution in [0.4, 0.5) is 5.69 Å². The second-order valence-corrected chi connectivity index (χ2v) is 11.1. The van der Waals surface area contributed by atoms with Gasteiger partial charge in [0.05, 0.1) is 18.6 Å². The molecule has 0 bridgehead atoms. The average molecular weight is 622 g/mol. The number of phenols is 1. The van der Waals surface area contributed by atoms with Crippen molar-refractivity contribution < 1.29 is 23.8 Å². The summed E-state index contributed by atoms with van der Waals surface area (Å²) < 4.78 is 13.6. The van der Waals surface area contributed by atoms with Crippen molar-refractivity contribution >= 4 is 51.0 Å². The van der Waals surface area contributed by atoms with Crippen LogP contribution in [0.2, 0.25) is 5.02 Å². The topological polar surface area (TPSA) is 106 Å². The monoisotopic (exact) mass is 621 g/mol. The molecule has 3 N–H and O–H groups in total. The Morgan fingerprint density at radius 3 is 2.58 bits per heavy atom. The summed E-state index contributed by atoms with van der Waals surface area (Å²) in [5, 5.41) is 18.1. The zero-order valence-electron chi connectivity index (χ0n) is 24.7. The molecule has 4 aromatic carbocycles. The molecule has 0 saturated heterocycles. The molecule has 0 aliphatic rings. The molecule has 0 atom stereocenters. The molecule has 228 valence electrons. The summed E-state index contributed by atoms with van der Waals surface area (Å²) in [6.07, 6.45) is 2.75. The highest BCUT2D eigenvalue weighted by Crippen LogP contribution is 2.29. The van der Waals surface area contributed by atoms with E-state index in [1.54, 1.807) is 42.7 Å².